The van der Waals surface area contributed by atoms with E-state index >= 15 is 0 Å². The number of hydrogen-bond donors (Lipinski definition) is 0. The molecule has 1 atom stereocenters. The number of benzene rings is 2. The Morgan fingerprint density at radius 2 is 1.88 bits per heavy atom. The van der Waals surface area contributed by atoms with Gasteiger partial charge in [0.15, 0.2) is 0 Å². The molecule has 2 aromatic carbocycles. The molecule has 1 aliphatic heterocycles. The predicted molar refractivity (Wildman–Crippen MR) is 90.7 cm³/mol. The average molecular weight is 370 g/mol. The Hall–Kier alpha value is -1.47. The van der Waals surface area contributed by atoms with Crippen LogP contribution in [0.2, 0.25) is 5.02 Å². The normalized spacial score (nSPS) is 19.3. The molecular weight excluding hydrogens is 353 g/mol. The topological polar surface area (TPSA) is 46.6 Å². The molecule has 1 unspecified atom stereocenters. The highest BCUT2D eigenvalue weighted by Crippen LogP contribution is 2.27. The Kier molecular flexibility index (Phi) is 5.20. The molecule has 7 heteroatoms. The third-order valence-electron chi connectivity index (χ3n) is 3.97. The maximum atomic E-state index is 13.9. The minimum absolute atomic E-state index is 0.0910. The Labute approximate surface area is 145 Å². The molecular formula is C17H17ClFNO3S. The molecule has 0 spiro atoms. The lowest BCUT2D eigenvalue weighted by atomic mass is 10.1. The van der Waals surface area contributed by atoms with Crippen molar-refractivity contribution in [1.29, 1.82) is 0 Å². The second-order valence-electron chi connectivity index (χ2n) is 5.59. The number of halogens is 2. The average Bonchev–Trinajstić information content (AvgIpc) is 2.57. The lowest BCUT2D eigenvalue weighted by molar-refractivity contribution is -0.00447. The molecule has 1 saturated heterocycles. The molecule has 0 bridgehead atoms. The Morgan fingerprint density at radius 3 is 2.62 bits per heavy atom. The maximum absolute atomic E-state index is 13.9. The first-order valence-electron chi connectivity index (χ1n) is 7.54. The molecule has 0 radical (unpaired) electrons. The van der Waals surface area contributed by atoms with E-state index in [1.54, 1.807) is 42.5 Å². The number of sulfonamides is 1. The van der Waals surface area contributed by atoms with Crippen molar-refractivity contribution in [2.45, 2.75) is 11.9 Å². The molecule has 4 nitrogen and oxygen atoms in total. The van der Waals surface area contributed by atoms with E-state index in [0.717, 1.165) is 0 Å². The summed E-state index contributed by atoms with van der Waals surface area (Å²) in [6.45, 7) is 0.562. The lowest BCUT2D eigenvalue weighted by Crippen LogP contribution is -2.42. The van der Waals surface area contributed by atoms with Crippen molar-refractivity contribution in [3.63, 3.8) is 0 Å². The highest BCUT2D eigenvalue weighted by molar-refractivity contribution is 7.88. The van der Waals surface area contributed by atoms with E-state index in [1.165, 1.54) is 10.4 Å². The van der Waals surface area contributed by atoms with E-state index in [1.807, 2.05) is 0 Å². The number of nitrogens with zero attached hydrogens (tertiary/aromatic N) is 1. The van der Waals surface area contributed by atoms with Gasteiger partial charge in [0.05, 0.1) is 18.5 Å². The van der Waals surface area contributed by atoms with Gasteiger partial charge in [-0.1, -0.05) is 48.0 Å². The summed E-state index contributed by atoms with van der Waals surface area (Å²) in [4.78, 5) is 0. The maximum Gasteiger partial charge on any atom is 0.218 e. The number of hydrogen-bond acceptors (Lipinski definition) is 3. The van der Waals surface area contributed by atoms with Gasteiger partial charge in [-0.2, -0.15) is 4.31 Å². The predicted octanol–water partition coefficient (Wildman–Crippen LogP) is 3.38. The third-order valence-corrected chi connectivity index (χ3v) is 6.13. The summed E-state index contributed by atoms with van der Waals surface area (Å²) in [6.07, 6.45) is -0.610. The summed E-state index contributed by atoms with van der Waals surface area (Å²) in [5.74, 6) is -0.579. The van der Waals surface area contributed by atoms with Gasteiger partial charge in [-0.15, -0.1) is 0 Å². The van der Waals surface area contributed by atoms with Crippen molar-refractivity contribution in [1.82, 2.24) is 4.31 Å². The third kappa shape index (κ3) is 3.78. The van der Waals surface area contributed by atoms with Gasteiger partial charge in [-0.3, -0.25) is 0 Å². The Bertz CT molecular complexity index is 828. The zero-order valence-electron chi connectivity index (χ0n) is 12.9. The summed E-state index contributed by atoms with van der Waals surface area (Å²) in [5.41, 5.74) is 0.920. The highest BCUT2D eigenvalue weighted by atomic mass is 35.5. The van der Waals surface area contributed by atoms with Gasteiger partial charge in [0.1, 0.15) is 5.82 Å². The molecule has 1 aliphatic rings. The van der Waals surface area contributed by atoms with Crippen LogP contribution in [0, 0.1) is 5.82 Å². The first kappa shape index (κ1) is 17.4. The zero-order chi connectivity index (χ0) is 17.2. The molecule has 1 fully saturated rings. The summed E-state index contributed by atoms with van der Waals surface area (Å²) >= 11 is 6.06. The van der Waals surface area contributed by atoms with Crippen LogP contribution >= 0.6 is 11.6 Å². The number of rotatable bonds is 4. The monoisotopic (exact) mass is 369 g/mol. The van der Waals surface area contributed by atoms with Gasteiger partial charge in [0, 0.05) is 23.7 Å². The fourth-order valence-corrected chi connectivity index (χ4v) is 4.53. The molecule has 0 N–H and O–H groups in total. The van der Waals surface area contributed by atoms with Crippen LogP contribution in [0.25, 0.3) is 0 Å². The first-order valence-corrected chi connectivity index (χ1v) is 9.53. The quantitative estimate of drug-likeness (QED) is 0.830. The van der Waals surface area contributed by atoms with E-state index in [0.29, 0.717) is 16.1 Å². The zero-order valence-corrected chi connectivity index (χ0v) is 14.4. The molecule has 0 saturated carbocycles. The van der Waals surface area contributed by atoms with Crippen molar-refractivity contribution in [2.24, 2.45) is 0 Å². The van der Waals surface area contributed by atoms with Crippen LogP contribution in [0.4, 0.5) is 4.39 Å². The molecule has 1 heterocycles. The van der Waals surface area contributed by atoms with Gasteiger partial charge >= 0.3 is 0 Å². The van der Waals surface area contributed by atoms with Gasteiger partial charge in [0.2, 0.25) is 10.0 Å². The standard InChI is InChI=1S/C17H17ClFNO3S/c18-15-7-3-1-5-13(15)12-24(21,22)20-9-10-23-17(11-20)14-6-2-4-8-16(14)19/h1-8,17H,9-12H2. The fraction of sp³-hybridized carbons (Fsp3) is 0.294. The highest BCUT2D eigenvalue weighted by Gasteiger charge is 2.31. The second kappa shape index (κ2) is 7.19. The van der Waals surface area contributed by atoms with Crippen molar-refractivity contribution >= 4 is 21.6 Å². The van der Waals surface area contributed by atoms with Crippen LogP contribution in [-0.2, 0) is 20.5 Å². The molecule has 0 aliphatic carbocycles. The molecule has 0 amide bonds. The van der Waals surface area contributed by atoms with Gasteiger partial charge in [-0.25, -0.2) is 12.8 Å². The smallest absolute Gasteiger partial charge is 0.218 e. The largest absolute Gasteiger partial charge is 0.371 e. The van der Waals surface area contributed by atoms with Crippen molar-refractivity contribution in [3.8, 4) is 0 Å². The van der Waals surface area contributed by atoms with E-state index in [2.05, 4.69) is 0 Å². The van der Waals surface area contributed by atoms with Crippen LogP contribution < -0.4 is 0 Å². The van der Waals surface area contributed by atoms with E-state index in [4.69, 9.17) is 16.3 Å². The van der Waals surface area contributed by atoms with E-state index < -0.39 is 21.9 Å². The fourth-order valence-electron chi connectivity index (χ4n) is 2.71. The Balaban J connectivity index is 1.79. The van der Waals surface area contributed by atoms with Crippen LogP contribution in [0.5, 0.6) is 0 Å². The van der Waals surface area contributed by atoms with Crippen LogP contribution in [0.15, 0.2) is 48.5 Å². The SMILES string of the molecule is O=S(=O)(Cc1ccccc1Cl)N1CCOC(c2ccccc2F)C1. The lowest BCUT2D eigenvalue weighted by Gasteiger charge is -2.32. The number of ether oxygens (including phenoxy) is 1. The van der Waals surface area contributed by atoms with Crippen LogP contribution in [0.3, 0.4) is 0 Å². The molecule has 24 heavy (non-hydrogen) atoms. The van der Waals surface area contributed by atoms with Crippen molar-refractivity contribution in [2.75, 3.05) is 19.7 Å². The molecule has 128 valence electrons. The summed E-state index contributed by atoms with van der Waals surface area (Å²) in [5, 5.41) is 0.417. The molecule has 0 aromatic heterocycles. The minimum Gasteiger partial charge on any atom is -0.371 e. The van der Waals surface area contributed by atoms with Gasteiger partial charge in [-0.05, 0) is 17.7 Å². The van der Waals surface area contributed by atoms with E-state index in [9.17, 15) is 12.8 Å². The van der Waals surface area contributed by atoms with Crippen LogP contribution in [0.1, 0.15) is 17.2 Å². The summed E-state index contributed by atoms with van der Waals surface area (Å²) in [7, 11) is -3.57. The molecule has 3 rings (SSSR count). The molecule has 2 aromatic rings. The van der Waals surface area contributed by atoms with Crippen molar-refractivity contribution in [3.05, 3.63) is 70.5 Å². The summed E-state index contributed by atoms with van der Waals surface area (Å²) in [6, 6.07) is 13.1. The van der Waals surface area contributed by atoms with E-state index in [-0.39, 0.29) is 25.4 Å². The summed E-state index contributed by atoms with van der Waals surface area (Å²) < 4.78 is 46.2. The second-order valence-corrected chi connectivity index (χ2v) is 7.96. The first-order chi connectivity index (χ1) is 11.5. The Morgan fingerprint density at radius 1 is 1.17 bits per heavy atom. The minimum atomic E-state index is -3.57. The van der Waals surface area contributed by atoms with Crippen molar-refractivity contribution < 1.29 is 17.5 Å². The van der Waals surface area contributed by atoms with Crippen LogP contribution in [-0.4, -0.2) is 32.4 Å². The number of morpholine rings is 1. The van der Waals surface area contributed by atoms with Gasteiger partial charge < -0.3 is 4.74 Å². The van der Waals surface area contributed by atoms with Gasteiger partial charge in [0.25, 0.3) is 0 Å².